The van der Waals surface area contributed by atoms with E-state index in [1.54, 1.807) is 12.3 Å². The number of aromatic nitrogens is 2. The van der Waals surface area contributed by atoms with E-state index in [9.17, 15) is 18.0 Å². The van der Waals surface area contributed by atoms with Crippen molar-refractivity contribution in [3.05, 3.63) is 101 Å². The third-order valence-corrected chi connectivity index (χ3v) is 8.31. The van der Waals surface area contributed by atoms with Crippen molar-refractivity contribution in [1.82, 2.24) is 20.2 Å². The van der Waals surface area contributed by atoms with Gasteiger partial charge in [-0.25, -0.2) is 4.98 Å². The Morgan fingerprint density at radius 1 is 0.957 bits per heavy atom. The predicted octanol–water partition coefficient (Wildman–Crippen LogP) is 5.54. The number of hydrogen-bond acceptors (Lipinski definition) is 8. The Balaban J connectivity index is 1.19. The van der Waals surface area contributed by atoms with Gasteiger partial charge in [-0.2, -0.15) is 13.2 Å². The zero-order valence-corrected chi connectivity index (χ0v) is 26.1. The third kappa shape index (κ3) is 8.26. The Hall–Kier alpha value is -4.52. The van der Waals surface area contributed by atoms with E-state index in [0.29, 0.717) is 50.2 Å². The number of carbonyl (C=O) groups is 1. The summed E-state index contributed by atoms with van der Waals surface area (Å²) in [5.74, 6) is -0.166. The van der Waals surface area contributed by atoms with Crippen molar-refractivity contribution in [3.63, 3.8) is 0 Å². The highest BCUT2D eigenvalue weighted by atomic mass is 19.4. The Bertz CT molecular complexity index is 1690. The summed E-state index contributed by atoms with van der Waals surface area (Å²) >= 11 is 0. The van der Waals surface area contributed by atoms with E-state index < -0.39 is 17.6 Å². The number of hydrogen-bond donors (Lipinski definition) is 2. The van der Waals surface area contributed by atoms with Crippen molar-refractivity contribution in [3.8, 4) is 17.0 Å². The highest BCUT2D eigenvalue weighted by molar-refractivity contribution is 6.04. The van der Waals surface area contributed by atoms with Crippen LogP contribution in [0.4, 0.5) is 24.5 Å². The fraction of sp³-hybridized carbons (Fsp3) is 0.343. The predicted molar refractivity (Wildman–Crippen MR) is 174 cm³/mol. The monoisotopic (exact) mass is 646 g/mol. The average Bonchev–Trinajstić information content (AvgIpc) is 3.09. The molecule has 0 spiro atoms. The average molecular weight is 647 g/mol. The van der Waals surface area contributed by atoms with E-state index in [1.807, 2.05) is 13.0 Å². The van der Waals surface area contributed by atoms with Crippen LogP contribution >= 0.6 is 0 Å². The molecule has 2 aromatic heterocycles. The normalized spacial score (nSPS) is 15.8. The van der Waals surface area contributed by atoms with Gasteiger partial charge in [-0.05, 0) is 48.4 Å². The van der Waals surface area contributed by atoms with Crippen LogP contribution in [0, 0.1) is 6.92 Å². The zero-order chi connectivity index (χ0) is 32.8. The number of carbonyl (C=O) groups excluding carboxylic acids is 1. The number of ether oxygens (including phenoxy) is 2. The lowest BCUT2D eigenvalue weighted by Gasteiger charge is -2.30. The Labute approximate surface area is 271 Å². The molecule has 4 aromatic rings. The van der Waals surface area contributed by atoms with Crippen molar-refractivity contribution in [2.24, 2.45) is 0 Å². The number of piperazine rings is 1. The minimum Gasteiger partial charge on any atom is -0.471 e. The standard InChI is InChI=1S/C35H37F3N6O3/c1-24-31(19-30(21-40-24)42-33(45)27-3-2-4-29(17-27)35(36,37)38)28-18-32(44-13-15-46-16-14-44)34(41-20-28)47-23-26-7-5-25(6-8-26)22-43-11-9-39-10-12-43/h2-8,17-21,39H,9-16,22-23H2,1H3,(H,42,45). The van der Waals surface area contributed by atoms with E-state index in [-0.39, 0.29) is 5.56 Å². The number of benzene rings is 2. The number of nitrogens with one attached hydrogen (secondary N) is 2. The van der Waals surface area contributed by atoms with Crippen LogP contribution in [-0.4, -0.2) is 73.3 Å². The minimum atomic E-state index is -4.55. The Kier molecular flexibility index (Phi) is 10.00. The summed E-state index contributed by atoms with van der Waals surface area (Å²) in [5.41, 5.74) is 4.67. The fourth-order valence-corrected chi connectivity index (χ4v) is 5.68. The van der Waals surface area contributed by atoms with Gasteiger partial charge in [0, 0.05) is 74.4 Å². The molecule has 12 heteroatoms. The summed E-state index contributed by atoms with van der Waals surface area (Å²) in [5, 5.41) is 6.07. The molecule has 4 heterocycles. The van der Waals surface area contributed by atoms with E-state index in [2.05, 4.69) is 49.7 Å². The Morgan fingerprint density at radius 3 is 2.45 bits per heavy atom. The first-order chi connectivity index (χ1) is 22.7. The molecule has 6 rings (SSSR count). The van der Waals surface area contributed by atoms with Gasteiger partial charge in [0.1, 0.15) is 12.3 Å². The molecule has 2 fully saturated rings. The van der Waals surface area contributed by atoms with E-state index >= 15 is 0 Å². The van der Waals surface area contributed by atoms with E-state index in [4.69, 9.17) is 14.5 Å². The molecule has 0 unspecified atom stereocenters. The molecule has 246 valence electrons. The van der Waals surface area contributed by atoms with Gasteiger partial charge < -0.3 is 25.0 Å². The van der Waals surface area contributed by atoms with Gasteiger partial charge in [-0.3, -0.25) is 14.7 Å². The molecule has 0 atom stereocenters. The SMILES string of the molecule is Cc1ncc(NC(=O)c2cccc(C(F)(F)F)c2)cc1-c1cnc(OCc2ccc(CN3CCNCC3)cc2)c(N2CCOCC2)c1. The van der Waals surface area contributed by atoms with Gasteiger partial charge in [0.05, 0.1) is 30.7 Å². The molecular formula is C35H37F3N6O3. The first-order valence-electron chi connectivity index (χ1n) is 15.6. The van der Waals surface area contributed by atoms with Gasteiger partial charge >= 0.3 is 6.18 Å². The molecule has 0 aliphatic carbocycles. The molecule has 0 radical (unpaired) electrons. The van der Waals surface area contributed by atoms with Crippen molar-refractivity contribution >= 4 is 17.3 Å². The van der Waals surface area contributed by atoms with Crippen LogP contribution in [-0.2, 0) is 24.1 Å². The highest BCUT2D eigenvalue weighted by Crippen LogP contribution is 2.34. The summed E-state index contributed by atoms with van der Waals surface area (Å²) in [4.78, 5) is 26.7. The number of pyridine rings is 2. The lowest BCUT2D eigenvalue weighted by Crippen LogP contribution is -2.42. The molecule has 1 amide bonds. The second-order valence-electron chi connectivity index (χ2n) is 11.7. The number of morpholine rings is 1. The first kappa shape index (κ1) is 32.4. The maximum atomic E-state index is 13.2. The number of anilines is 2. The second-order valence-corrected chi connectivity index (χ2v) is 11.7. The van der Waals surface area contributed by atoms with Crippen LogP contribution < -0.4 is 20.3 Å². The maximum absolute atomic E-state index is 13.2. The van der Waals surface area contributed by atoms with Crippen LogP contribution in [0.3, 0.4) is 0 Å². The summed E-state index contributed by atoms with van der Waals surface area (Å²) in [7, 11) is 0. The molecule has 2 aliphatic heterocycles. The minimum absolute atomic E-state index is 0.103. The van der Waals surface area contributed by atoms with Crippen LogP contribution in [0.5, 0.6) is 5.88 Å². The number of rotatable bonds is 9. The number of aryl methyl sites for hydroxylation is 1. The number of halogens is 3. The van der Waals surface area contributed by atoms with Crippen molar-refractivity contribution < 1.29 is 27.4 Å². The summed E-state index contributed by atoms with van der Waals surface area (Å²) in [6.07, 6.45) is -1.36. The molecule has 0 saturated carbocycles. The smallest absolute Gasteiger partial charge is 0.416 e. The molecular weight excluding hydrogens is 609 g/mol. The molecule has 2 aromatic carbocycles. The first-order valence-corrected chi connectivity index (χ1v) is 15.6. The van der Waals surface area contributed by atoms with Gasteiger partial charge in [-0.1, -0.05) is 30.3 Å². The summed E-state index contributed by atoms with van der Waals surface area (Å²) in [6, 6.07) is 16.5. The maximum Gasteiger partial charge on any atom is 0.416 e. The molecule has 0 bridgehead atoms. The highest BCUT2D eigenvalue weighted by Gasteiger charge is 2.31. The lowest BCUT2D eigenvalue weighted by molar-refractivity contribution is -0.137. The quantitative estimate of drug-likeness (QED) is 0.245. The summed E-state index contributed by atoms with van der Waals surface area (Å²) in [6.45, 7) is 9.77. The Morgan fingerprint density at radius 2 is 1.70 bits per heavy atom. The van der Waals surface area contributed by atoms with Crippen LogP contribution in [0.2, 0.25) is 0 Å². The molecule has 9 nitrogen and oxygen atoms in total. The number of alkyl halides is 3. The fourth-order valence-electron chi connectivity index (χ4n) is 5.68. The van der Waals surface area contributed by atoms with E-state index in [1.165, 1.54) is 23.9 Å². The van der Waals surface area contributed by atoms with Crippen molar-refractivity contribution in [2.45, 2.75) is 26.3 Å². The second kappa shape index (κ2) is 14.5. The van der Waals surface area contributed by atoms with Crippen LogP contribution in [0.15, 0.2) is 73.1 Å². The summed E-state index contributed by atoms with van der Waals surface area (Å²) < 4.78 is 51.4. The lowest BCUT2D eigenvalue weighted by atomic mass is 10.0. The van der Waals surface area contributed by atoms with Crippen LogP contribution in [0.25, 0.3) is 11.1 Å². The van der Waals surface area contributed by atoms with Gasteiger partial charge in [-0.15, -0.1) is 0 Å². The largest absolute Gasteiger partial charge is 0.471 e. The van der Waals surface area contributed by atoms with Crippen molar-refractivity contribution in [2.75, 3.05) is 62.7 Å². The zero-order valence-electron chi connectivity index (χ0n) is 26.1. The number of nitrogens with zero attached hydrogens (tertiary/aromatic N) is 4. The van der Waals surface area contributed by atoms with Gasteiger partial charge in [0.2, 0.25) is 5.88 Å². The van der Waals surface area contributed by atoms with Gasteiger partial charge in [0.25, 0.3) is 5.91 Å². The molecule has 2 aliphatic rings. The van der Waals surface area contributed by atoms with Crippen molar-refractivity contribution in [1.29, 1.82) is 0 Å². The van der Waals surface area contributed by atoms with Gasteiger partial charge in [0.15, 0.2) is 0 Å². The molecule has 47 heavy (non-hydrogen) atoms. The molecule has 2 saturated heterocycles. The topological polar surface area (TPSA) is 91.8 Å². The third-order valence-electron chi connectivity index (χ3n) is 8.31. The molecule has 2 N–H and O–H groups in total. The van der Waals surface area contributed by atoms with E-state index in [0.717, 1.165) is 67.2 Å². The number of amides is 1. The van der Waals surface area contributed by atoms with Crippen LogP contribution in [0.1, 0.15) is 32.7 Å².